The van der Waals surface area contributed by atoms with Crippen molar-refractivity contribution in [2.45, 2.75) is 39.7 Å². The molecule has 182 valence electrons. The molecule has 2 N–H and O–H groups in total. The van der Waals surface area contributed by atoms with E-state index in [1.807, 2.05) is 51.1 Å². The van der Waals surface area contributed by atoms with Crippen molar-refractivity contribution < 1.29 is 9.59 Å². The smallest absolute Gasteiger partial charge is 0.275 e. The molecule has 0 bridgehead atoms. The number of carbonyl (C=O) groups excluding carboxylic acids is 2. The molecular weight excluding hydrogens is 454 g/mol. The molecule has 5 rings (SSSR count). The summed E-state index contributed by atoms with van der Waals surface area (Å²) >= 11 is 0. The summed E-state index contributed by atoms with van der Waals surface area (Å²) in [6.45, 7) is 6.00. The predicted molar refractivity (Wildman–Crippen MR) is 137 cm³/mol. The maximum Gasteiger partial charge on any atom is 0.275 e. The van der Waals surface area contributed by atoms with E-state index in [0.29, 0.717) is 22.9 Å². The molecule has 36 heavy (non-hydrogen) atoms. The number of benzene rings is 1. The first kappa shape index (κ1) is 23.5. The van der Waals surface area contributed by atoms with Gasteiger partial charge in [-0.1, -0.05) is 32.0 Å². The second-order valence-corrected chi connectivity index (χ2v) is 9.45. The summed E-state index contributed by atoms with van der Waals surface area (Å²) in [6, 6.07) is 11.5. The van der Waals surface area contributed by atoms with Crippen LogP contribution in [0.3, 0.4) is 0 Å². The molecule has 1 saturated carbocycles. The first-order chi connectivity index (χ1) is 17.4. The van der Waals surface area contributed by atoms with Crippen molar-refractivity contribution in [3.05, 3.63) is 66.4 Å². The van der Waals surface area contributed by atoms with Crippen LogP contribution in [0.25, 0.3) is 22.4 Å². The summed E-state index contributed by atoms with van der Waals surface area (Å²) in [5.74, 6) is 0.555. The lowest BCUT2D eigenvalue weighted by atomic mass is 10.00. The van der Waals surface area contributed by atoms with Gasteiger partial charge in [-0.15, -0.1) is 5.11 Å². The van der Waals surface area contributed by atoms with E-state index in [1.165, 1.54) is 6.33 Å². The molecule has 1 unspecified atom stereocenters. The number of anilines is 2. The van der Waals surface area contributed by atoms with Crippen LogP contribution in [-0.4, -0.2) is 32.8 Å². The third-order valence-electron chi connectivity index (χ3n) is 6.22. The van der Waals surface area contributed by atoms with Crippen LogP contribution in [0.5, 0.6) is 0 Å². The van der Waals surface area contributed by atoms with Crippen molar-refractivity contribution in [1.82, 2.24) is 15.0 Å². The van der Waals surface area contributed by atoms with Gasteiger partial charge >= 0.3 is 0 Å². The molecule has 0 radical (unpaired) electrons. The molecule has 1 aliphatic carbocycles. The average molecular weight is 482 g/mol. The Hall–Kier alpha value is -4.27. The topological polar surface area (TPSA) is 122 Å². The van der Waals surface area contributed by atoms with Gasteiger partial charge in [-0.3, -0.25) is 14.6 Å². The Labute approximate surface area is 209 Å². The molecule has 9 heteroatoms. The van der Waals surface area contributed by atoms with Crippen LogP contribution in [0.4, 0.5) is 11.5 Å². The van der Waals surface area contributed by atoms with Crippen LogP contribution in [0.2, 0.25) is 0 Å². The van der Waals surface area contributed by atoms with Crippen LogP contribution in [0.15, 0.2) is 70.9 Å². The number of aryl methyl sites for hydroxylation is 1. The van der Waals surface area contributed by atoms with Crippen LogP contribution in [0, 0.1) is 18.8 Å². The fourth-order valence-electron chi connectivity index (χ4n) is 3.90. The van der Waals surface area contributed by atoms with Gasteiger partial charge in [0.05, 0.1) is 23.6 Å². The Bertz CT molecular complexity index is 1390. The zero-order chi connectivity index (χ0) is 25.2. The van der Waals surface area contributed by atoms with Gasteiger partial charge in [0, 0.05) is 28.8 Å². The number of carbonyl (C=O) groups is 2. The molecule has 1 aromatic carbocycles. The summed E-state index contributed by atoms with van der Waals surface area (Å²) in [4.78, 5) is 37.9. The Kier molecular flexibility index (Phi) is 6.37. The van der Waals surface area contributed by atoms with Gasteiger partial charge in [-0.2, -0.15) is 5.11 Å². The molecule has 1 aliphatic heterocycles. The number of azo groups is 1. The number of hydrogen-bond acceptors (Lipinski definition) is 7. The minimum absolute atomic E-state index is 0.00327. The molecule has 9 nitrogen and oxygen atoms in total. The van der Waals surface area contributed by atoms with Crippen molar-refractivity contribution in [3.63, 3.8) is 0 Å². The highest BCUT2D eigenvalue weighted by Crippen LogP contribution is 2.31. The summed E-state index contributed by atoms with van der Waals surface area (Å²) in [6.07, 6.45) is 6.73. The van der Waals surface area contributed by atoms with E-state index in [9.17, 15) is 9.59 Å². The fourth-order valence-corrected chi connectivity index (χ4v) is 3.90. The summed E-state index contributed by atoms with van der Waals surface area (Å²) in [7, 11) is 0. The molecule has 3 aromatic rings. The number of hydrogen-bond donors (Lipinski definition) is 2. The van der Waals surface area contributed by atoms with E-state index in [-0.39, 0.29) is 29.7 Å². The van der Waals surface area contributed by atoms with E-state index < -0.39 is 0 Å². The highest BCUT2D eigenvalue weighted by Gasteiger charge is 2.29. The molecule has 2 aliphatic rings. The van der Waals surface area contributed by atoms with Crippen molar-refractivity contribution in [2.75, 3.05) is 10.6 Å². The highest BCUT2D eigenvalue weighted by atomic mass is 16.2. The SMILES string of the molecule is Cc1ncc(NC(=O)C2=CC(C(C)C)N=N2)cc1-c1cccc(-c2cc(NC(=O)C3CC3)ncn2)c1. The maximum absolute atomic E-state index is 12.7. The minimum Gasteiger partial charge on any atom is -0.319 e. The summed E-state index contributed by atoms with van der Waals surface area (Å²) in [5.41, 5.74) is 5.09. The number of nitrogens with zero attached hydrogens (tertiary/aromatic N) is 5. The largest absolute Gasteiger partial charge is 0.319 e. The molecule has 2 amide bonds. The molecule has 1 atom stereocenters. The monoisotopic (exact) mass is 481 g/mol. The highest BCUT2D eigenvalue weighted by molar-refractivity contribution is 6.04. The Morgan fingerprint density at radius 1 is 1.00 bits per heavy atom. The van der Waals surface area contributed by atoms with Crippen LogP contribution in [0.1, 0.15) is 32.4 Å². The van der Waals surface area contributed by atoms with Crippen LogP contribution >= 0.6 is 0 Å². The third kappa shape index (κ3) is 5.19. The number of aromatic nitrogens is 3. The quantitative estimate of drug-likeness (QED) is 0.482. The van der Waals surface area contributed by atoms with E-state index in [4.69, 9.17) is 0 Å². The molecule has 3 heterocycles. The maximum atomic E-state index is 12.7. The lowest BCUT2D eigenvalue weighted by molar-refractivity contribution is -0.117. The standard InChI is InChI=1S/C27H27N7O2/c1-15(2)22-11-24(34-33-22)27(36)31-20-10-21(16(3)28-13-20)18-5-4-6-19(9-18)23-12-25(30-14-29-23)32-26(35)17-7-8-17/h4-6,9-15,17,22H,7-8H2,1-3H3,(H,31,36)(H,29,30,32,35). The fraction of sp³-hybridized carbons (Fsp3) is 0.296. The van der Waals surface area contributed by atoms with Gasteiger partial charge < -0.3 is 10.6 Å². The van der Waals surface area contributed by atoms with Gasteiger partial charge in [-0.25, -0.2) is 9.97 Å². The summed E-state index contributed by atoms with van der Waals surface area (Å²) in [5, 5.41) is 13.9. The van der Waals surface area contributed by atoms with Gasteiger partial charge in [0.25, 0.3) is 5.91 Å². The Morgan fingerprint density at radius 2 is 1.81 bits per heavy atom. The van der Waals surface area contributed by atoms with E-state index in [1.54, 1.807) is 18.3 Å². The lowest BCUT2D eigenvalue weighted by Crippen LogP contribution is -2.14. The van der Waals surface area contributed by atoms with E-state index in [2.05, 4.69) is 35.8 Å². The van der Waals surface area contributed by atoms with Gasteiger partial charge in [-0.05, 0) is 49.5 Å². The third-order valence-corrected chi connectivity index (χ3v) is 6.22. The van der Waals surface area contributed by atoms with Gasteiger partial charge in [0.15, 0.2) is 0 Å². The summed E-state index contributed by atoms with van der Waals surface area (Å²) < 4.78 is 0. The first-order valence-corrected chi connectivity index (χ1v) is 12.0. The molecule has 2 aromatic heterocycles. The van der Waals surface area contributed by atoms with Crippen molar-refractivity contribution >= 4 is 23.3 Å². The average Bonchev–Trinajstić information content (AvgIpc) is 3.61. The second-order valence-electron chi connectivity index (χ2n) is 9.45. The number of amides is 2. The number of pyridine rings is 1. The molecule has 0 saturated heterocycles. The van der Waals surface area contributed by atoms with Gasteiger partial charge in [0.1, 0.15) is 17.8 Å². The number of rotatable bonds is 7. The number of nitrogens with one attached hydrogen (secondary N) is 2. The molecular formula is C27H27N7O2. The predicted octanol–water partition coefficient (Wildman–Crippen LogP) is 5.18. The first-order valence-electron chi connectivity index (χ1n) is 12.0. The van der Waals surface area contributed by atoms with E-state index in [0.717, 1.165) is 35.2 Å². The lowest BCUT2D eigenvalue weighted by Gasteiger charge is -2.11. The van der Waals surface area contributed by atoms with Crippen molar-refractivity contribution in [3.8, 4) is 22.4 Å². The van der Waals surface area contributed by atoms with Gasteiger partial charge in [0.2, 0.25) is 5.91 Å². The van der Waals surface area contributed by atoms with E-state index >= 15 is 0 Å². The molecule has 1 fully saturated rings. The molecule has 0 spiro atoms. The van der Waals surface area contributed by atoms with Crippen molar-refractivity contribution in [1.29, 1.82) is 0 Å². The Morgan fingerprint density at radius 3 is 2.56 bits per heavy atom. The second kappa shape index (κ2) is 9.77. The zero-order valence-electron chi connectivity index (χ0n) is 20.4. The van der Waals surface area contributed by atoms with Crippen molar-refractivity contribution in [2.24, 2.45) is 22.1 Å². The zero-order valence-corrected chi connectivity index (χ0v) is 20.4. The Balaban J connectivity index is 1.37. The van der Waals surface area contributed by atoms with Crippen LogP contribution in [-0.2, 0) is 9.59 Å². The normalized spacial score (nSPS) is 16.7. The minimum atomic E-state index is -0.311. The van der Waals surface area contributed by atoms with Crippen LogP contribution < -0.4 is 10.6 Å².